The van der Waals surface area contributed by atoms with Gasteiger partial charge < -0.3 is 0 Å². The van der Waals surface area contributed by atoms with Crippen LogP contribution in [0.3, 0.4) is 0 Å². The number of benzene rings is 1. The van der Waals surface area contributed by atoms with Crippen LogP contribution in [-0.2, 0) is 11.3 Å². The smallest absolute Gasteiger partial charge is 0.269 e. The van der Waals surface area contributed by atoms with Crippen molar-refractivity contribution in [3.05, 3.63) is 40.8 Å². The summed E-state index contributed by atoms with van der Waals surface area (Å²) in [6.45, 7) is 5.64. The molecule has 0 saturated heterocycles. The number of carbonyl (C=O) groups is 1. The highest BCUT2D eigenvalue weighted by atomic mass is 16.1. The van der Waals surface area contributed by atoms with Crippen LogP contribution >= 0.6 is 0 Å². The van der Waals surface area contributed by atoms with Crippen LogP contribution in [0.1, 0.15) is 20.8 Å². The van der Waals surface area contributed by atoms with E-state index in [2.05, 4.69) is 4.98 Å². The van der Waals surface area contributed by atoms with Crippen molar-refractivity contribution in [3.8, 4) is 0 Å². The van der Waals surface area contributed by atoms with Crippen LogP contribution < -0.4 is 5.56 Å². The summed E-state index contributed by atoms with van der Waals surface area (Å²) in [5.41, 5.74) is 0.719. The van der Waals surface area contributed by atoms with Gasteiger partial charge >= 0.3 is 0 Å². The number of rotatable bonds is 2. The maximum absolute atomic E-state index is 12.0. The summed E-state index contributed by atoms with van der Waals surface area (Å²) in [7, 11) is 0. The molecule has 0 unspecified atom stereocenters. The Bertz CT molecular complexity index is 651. The number of hydrogen-bond donors (Lipinski definition) is 0. The molecule has 0 aliphatic rings. The second-order valence-corrected chi connectivity index (χ2v) is 5.34. The van der Waals surface area contributed by atoms with E-state index in [0.717, 1.165) is 5.52 Å². The highest BCUT2D eigenvalue weighted by Crippen LogP contribution is 2.16. The van der Waals surface area contributed by atoms with Crippen molar-refractivity contribution in [2.75, 3.05) is 0 Å². The zero-order chi connectivity index (χ0) is 13.3. The lowest BCUT2D eigenvalue weighted by Gasteiger charge is -2.18. The molecular weight excluding hydrogens is 228 g/mol. The summed E-state index contributed by atoms with van der Waals surface area (Å²) < 4.78 is 1.48. The number of Topliss-reactive ketones (excluding diaryl/α,β-unsaturated/α-hetero) is 1. The van der Waals surface area contributed by atoms with Gasteiger partial charge in [0.05, 0.1) is 23.8 Å². The molecule has 94 valence electrons. The fourth-order valence-electron chi connectivity index (χ4n) is 1.66. The van der Waals surface area contributed by atoms with E-state index in [1.54, 1.807) is 6.07 Å². The molecule has 18 heavy (non-hydrogen) atoms. The Labute approximate surface area is 105 Å². The van der Waals surface area contributed by atoms with Gasteiger partial charge in [-0.2, -0.15) is 0 Å². The third-order valence-electron chi connectivity index (χ3n) is 2.89. The van der Waals surface area contributed by atoms with Gasteiger partial charge in [0, 0.05) is 5.41 Å². The van der Waals surface area contributed by atoms with Crippen LogP contribution in [0.5, 0.6) is 0 Å². The first-order valence-corrected chi connectivity index (χ1v) is 5.87. The summed E-state index contributed by atoms with van der Waals surface area (Å²) in [5.74, 6) is 0.0287. The van der Waals surface area contributed by atoms with E-state index in [1.165, 1.54) is 10.8 Å². The molecule has 0 bridgehead atoms. The third-order valence-corrected chi connectivity index (χ3v) is 2.89. The Kier molecular flexibility index (Phi) is 3.03. The summed E-state index contributed by atoms with van der Waals surface area (Å²) in [6.07, 6.45) is 1.26. The molecule has 2 rings (SSSR count). The van der Waals surface area contributed by atoms with Crippen LogP contribution in [0.25, 0.3) is 11.0 Å². The van der Waals surface area contributed by atoms with Gasteiger partial charge in [-0.3, -0.25) is 14.2 Å². The van der Waals surface area contributed by atoms with E-state index in [0.29, 0.717) is 5.52 Å². The molecule has 0 radical (unpaired) electrons. The summed E-state index contributed by atoms with van der Waals surface area (Å²) in [4.78, 5) is 28.0. The lowest BCUT2D eigenvalue weighted by Crippen LogP contribution is -2.30. The Morgan fingerprint density at radius 2 is 1.94 bits per heavy atom. The highest BCUT2D eigenvalue weighted by molar-refractivity contribution is 5.85. The normalized spacial score (nSPS) is 11.7. The topological polar surface area (TPSA) is 52.0 Å². The first-order valence-electron chi connectivity index (χ1n) is 5.87. The third kappa shape index (κ3) is 2.32. The van der Waals surface area contributed by atoms with Gasteiger partial charge in [0.15, 0.2) is 5.78 Å². The predicted octanol–water partition coefficient (Wildman–Crippen LogP) is 2.01. The first-order chi connectivity index (χ1) is 8.39. The largest absolute Gasteiger partial charge is 0.298 e. The number of carbonyl (C=O) groups excluding carboxylic acids is 1. The molecule has 0 aliphatic carbocycles. The predicted molar refractivity (Wildman–Crippen MR) is 70.5 cm³/mol. The number of nitrogens with zero attached hydrogens (tertiary/aromatic N) is 2. The minimum Gasteiger partial charge on any atom is -0.298 e. The summed E-state index contributed by atoms with van der Waals surface area (Å²) in [6, 6.07) is 7.32. The molecule has 1 aromatic carbocycles. The molecular formula is C14H16N2O2. The number of hydrogen-bond acceptors (Lipinski definition) is 3. The minimum atomic E-state index is -0.455. The second-order valence-electron chi connectivity index (χ2n) is 5.34. The van der Waals surface area contributed by atoms with Gasteiger partial charge in [-0.1, -0.05) is 32.9 Å². The Morgan fingerprint density at radius 3 is 2.61 bits per heavy atom. The Morgan fingerprint density at radius 1 is 1.28 bits per heavy atom. The standard InChI is InChI=1S/C14H16N2O2/c1-14(2,3)12(17)9-16-11-7-5-4-6-10(11)15-8-13(16)18/h4-8H,9H2,1-3H3. The number of ketones is 1. The molecule has 1 aromatic heterocycles. The van der Waals surface area contributed by atoms with E-state index >= 15 is 0 Å². The van der Waals surface area contributed by atoms with Gasteiger partial charge in [0.2, 0.25) is 0 Å². The van der Waals surface area contributed by atoms with Crippen molar-refractivity contribution in [2.24, 2.45) is 5.41 Å². The van der Waals surface area contributed by atoms with Crippen molar-refractivity contribution < 1.29 is 4.79 Å². The van der Waals surface area contributed by atoms with E-state index in [9.17, 15) is 9.59 Å². The van der Waals surface area contributed by atoms with Crippen LogP contribution in [0.4, 0.5) is 0 Å². The fraction of sp³-hybridized carbons (Fsp3) is 0.357. The molecule has 2 aromatic rings. The molecule has 1 heterocycles. The molecule has 0 atom stereocenters. The first kappa shape index (κ1) is 12.5. The summed E-state index contributed by atoms with van der Waals surface area (Å²) in [5, 5.41) is 0. The van der Waals surface area contributed by atoms with E-state index in [1.807, 2.05) is 39.0 Å². The number of fused-ring (bicyclic) bond motifs is 1. The van der Waals surface area contributed by atoms with Gasteiger partial charge in [0.1, 0.15) is 0 Å². The van der Waals surface area contributed by atoms with Gasteiger partial charge in [-0.15, -0.1) is 0 Å². The zero-order valence-corrected chi connectivity index (χ0v) is 10.8. The second kappa shape index (κ2) is 4.37. The molecule has 0 fully saturated rings. The highest BCUT2D eigenvalue weighted by Gasteiger charge is 2.22. The Hall–Kier alpha value is -1.97. The molecule has 4 heteroatoms. The van der Waals surface area contributed by atoms with Crippen LogP contribution in [0.15, 0.2) is 35.3 Å². The van der Waals surface area contributed by atoms with Crippen molar-refractivity contribution in [1.82, 2.24) is 9.55 Å². The SMILES string of the molecule is CC(C)(C)C(=O)Cn1c(=O)cnc2ccccc21. The molecule has 0 amide bonds. The summed E-state index contributed by atoms with van der Waals surface area (Å²) >= 11 is 0. The average molecular weight is 244 g/mol. The van der Waals surface area contributed by atoms with E-state index < -0.39 is 5.41 Å². The van der Waals surface area contributed by atoms with E-state index in [-0.39, 0.29) is 17.9 Å². The molecule has 0 spiro atoms. The molecule has 0 aliphatic heterocycles. The maximum atomic E-state index is 12.0. The van der Waals surface area contributed by atoms with Gasteiger partial charge in [0.25, 0.3) is 5.56 Å². The van der Waals surface area contributed by atoms with Crippen LogP contribution in [-0.4, -0.2) is 15.3 Å². The quantitative estimate of drug-likeness (QED) is 0.812. The van der Waals surface area contributed by atoms with Gasteiger partial charge in [-0.05, 0) is 12.1 Å². The van der Waals surface area contributed by atoms with Crippen LogP contribution in [0, 0.1) is 5.41 Å². The van der Waals surface area contributed by atoms with Crippen LogP contribution in [0.2, 0.25) is 0 Å². The number of para-hydroxylation sites is 2. The lowest BCUT2D eigenvalue weighted by atomic mass is 9.91. The Balaban J connectivity index is 2.54. The van der Waals surface area contributed by atoms with Crippen molar-refractivity contribution in [1.29, 1.82) is 0 Å². The van der Waals surface area contributed by atoms with Crippen molar-refractivity contribution >= 4 is 16.8 Å². The average Bonchev–Trinajstić information content (AvgIpc) is 2.31. The molecule has 0 N–H and O–H groups in total. The lowest BCUT2D eigenvalue weighted by molar-refractivity contribution is -0.126. The fourth-order valence-corrected chi connectivity index (χ4v) is 1.66. The molecule has 4 nitrogen and oxygen atoms in total. The molecule has 0 saturated carbocycles. The van der Waals surface area contributed by atoms with E-state index in [4.69, 9.17) is 0 Å². The van der Waals surface area contributed by atoms with Crippen molar-refractivity contribution in [2.45, 2.75) is 27.3 Å². The zero-order valence-electron chi connectivity index (χ0n) is 10.8. The minimum absolute atomic E-state index is 0.0287. The number of aromatic nitrogens is 2. The van der Waals surface area contributed by atoms with Crippen molar-refractivity contribution in [3.63, 3.8) is 0 Å². The van der Waals surface area contributed by atoms with Gasteiger partial charge in [-0.25, -0.2) is 4.98 Å². The monoisotopic (exact) mass is 244 g/mol. The maximum Gasteiger partial charge on any atom is 0.269 e.